The molecule has 0 aliphatic heterocycles. The molecular weight excluding hydrogens is 352 g/mol. The van der Waals surface area contributed by atoms with Crippen LogP contribution in [0.1, 0.15) is 25.0 Å². The van der Waals surface area contributed by atoms with E-state index in [2.05, 4.69) is 71.0 Å². The highest BCUT2D eigenvalue weighted by Gasteiger charge is 2.17. The Morgan fingerprint density at radius 3 is 2.31 bits per heavy atom. The average Bonchev–Trinajstić information content (AvgIpc) is 2.63. The van der Waals surface area contributed by atoms with Gasteiger partial charge in [-0.15, -0.1) is 24.4 Å². The molecule has 0 N–H and O–H groups in total. The van der Waals surface area contributed by atoms with Crippen LogP contribution in [0.15, 0.2) is 46.2 Å². The molecular formula is C24H26S2. The molecule has 3 rings (SSSR count). The Hall–Kier alpha value is -1.64. The van der Waals surface area contributed by atoms with E-state index in [0.29, 0.717) is 5.92 Å². The van der Waals surface area contributed by atoms with Crippen molar-refractivity contribution in [3.63, 3.8) is 0 Å². The van der Waals surface area contributed by atoms with Crippen LogP contribution in [-0.2, 0) is 6.42 Å². The second-order valence-electron chi connectivity index (χ2n) is 7.19. The fourth-order valence-corrected chi connectivity index (χ4v) is 4.96. The largest absolute Gasteiger partial charge is 0.142 e. The SMILES string of the molecule is C=C(C)C(C)Cc1c(C)c(=C)c2c(SC)c3ccccc3c(S)c2c1=C. The summed E-state index contributed by atoms with van der Waals surface area (Å²) < 4.78 is 0. The molecule has 134 valence electrons. The summed E-state index contributed by atoms with van der Waals surface area (Å²) in [7, 11) is 0. The van der Waals surface area contributed by atoms with Crippen molar-refractivity contribution in [1.82, 2.24) is 0 Å². The first-order chi connectivity index (χ1) is 12.3. The number of thiol groups is 1. The number of hydrogen-bond acceptors (Lipinski definition) is 2. The minimum Gasteiger partial charge on any atom is -0.142 e. The van der Waals surface area contributed by atoms with E-state index in [1.807, 2.05) is 0 Å². The molecule has 0 heterocycles. The fraction of sp³-hybridized carbons (Fsp3) is 0.250. The van der Waals surface area contributed by atoms with Crippen LogP contribution in [-0.4, -0.2) is 6.26 Å². The summed E-state index contributed by atoms with van der Waals surface area (Å²) in [4.78, 5) is 2.28. The molecule has 0 aromatic heterocycles. The van der Waals surface area contributed by atoms with Crippen LogP contribution in [0.25, 0.3) is 34.7 Å². The van der Waals surface area contributed by atoms with Gasteiger partial charge in [-0.3, -0.25) is 0 Å². The smallest absolute Gasteiger partial charge is 0.0233 e. The van der Waals surface area contributed by atoms with Gasteiger partial charge in [0.05, 0.1) is 0 Å². The van der Waals surface area contributed by atoms with Crippen molar-refractivity contribution in [3.05, 3.63) is 58.0 Å². The Morgan fingerprint density at radius 1 is 1.12 bits per heavy atom. The minimum absolute atomic E-state index is 0.412. The number of hydrogen-bond donors (Lipinski definition) is 1. The zero-order valence-electron chi connectivity index (χ0n) is 16.1. The number of benzene rings is 3. The summed E-state index contributed by atoms with van der Waals surface area (Å²) in [5.41, 5.74) is 3.73. The topological polar surface area (TPSA) is 0 Å². The van der Waals surface area contributed by atoms with Gasteiger partial charge in [-0.05, 0) is 64.8 Å². The third-order valence-corrected chi connectivity index (χ3v) is 6.87. The average molecular weight is 379 g/mol. The highest BCUT2D eigenvalue weighted by molar-refractivity contribution is 7.99. The van der Waals surface area contributed by atoms with Gasteiger partial charge in [0.2, 0.25) is 0 Å². The van der Waals surface area contributed by atoms with Gasteiger partial charge in [0.25, 0.3) is 0 Å². The minimum atomic E-state index is 0.412. The maximum atomic E-state index is 4.94. The van der Waals surface area contributed by atoms with Crippen LogP contribution in [0.2, 0.25) is 0 Å². The van der Waals surface area contributed by atoms with E-state index in [1.165, 1.54) is 37.8 Å². The van der Waals surface area contributed by atoms with E-state index in [4.69, 9.17) is 12.6 Å². The van der Waals surface area contributed by atoms with Gasteiger partial charge in [-0.2, -0.15) is 0 Å². The zero-order valence-corrected chi connectivity index (χ0v) is 17.8. The number of rotatable bonds is 4. The van der Waals surface area contributed by atoms with Gasteiger partial charge >= 0.3 is 0 Å². The van der Waals surface area contributed by atoms with Gasteiger partial charge < -0.3 is 0 Å². The summed E-state index contributed by atoms with van der Waals surface area (Å²) in [6, 6.07) is 8.48. The fourth-order valence-electron chi connectivity index (χ4n) is 3.69. The second kappa shape index (κ2) is 7.17. The van der Waals surface area contributed by atoms with Crippen molar-refractivity contribution in [1.29, 1.82) is 0 Å². The first-order valence-electron chi connectivity index (χ1n) is 8.85. The molecule has 3 aromatic rings. The van der Waals surface area contributed by atoms with Gasteiger partial charge in [-0.1, -0.05) is 56.5 Å². The number of thioether (sulfide) groups is 1. The van der Waals surface area contributed by atoms with Crippen molar-refractivity contribution in [2.75, 3.05) is 6.26 Å². The zero-order chi connectivity index (χ0) is 19.2. The van der Waals surface area contributed by atoms with Crippen LogP contribution >= 0.6 is 24.4 Å². The summed E-state index contributed by atoms with van der Waals surface area (Å²) in [6.45, 7) is 19.6. The summed E-state index contributed by atoms with van der Waals surface area (Å²) in [5, 5.41) is 6.96. The quantitative estimate of drug-likeness (QED) is 0.256. The molecule has 0 bridgehead atoms. The van der Waals surface area contributed by atoms with Crippen LogP contribution in [0.4, 0.5) is 0 Å². The molecule has 0 aliphatic carbocycles. The first kappa shape index (κ1) is 19.1. The molecule has 0 amide bonds. The van der Waals surface area contributed by atoms with Crippen molar-refractivity contribution >= 4 is 59.1 Å². The van der Waals surface area contributed by atoms with Gasteiger partial charge in [0, 0.05) is 20.6 Å². The number of fused-ring (bicyclic) bond motifs is 2. The molecule has 0 fully saturated rings. The number of allylic oxidation sites excluding steroid dienone is 1. The third-order valence-electron chi connectivity index (χ3n) is 5.57. The summed E-state index contributed by atoms with van der Waals surface area (Å²) in [6.07, 6.45) is 3.07. The van der Waals surface area contributed by atoms with Gasteiger partial charge in [0.1, 0.15) is 0 Å². The highest BCUT2D eigenvalue weighted by Crippen LogP contribution is 2.37. The molecule has 26 heavy (non-hydrogen) atoms. The monoisotopic (exact) mass is 378 g/mol. The van der Waals surface area contributed by atoms with Crippen LogP contribution < -0.4 is 10.4 Å². The molecule has 2 heteroatoms. The van der Waals surface area contributed by atoms with E-state index in [1.54, 1.807) is 11.8 Å². The lowest BCUT2D eigenvalue weighted by Gasteiger charge is -2.20. The normalized spacial score (nSPS) is 12.7. The Morgan fingerprint density at radius 2 is 1.73 bits per heavy atom. The summed E-state index contributed by atoms with van der Waals surface area (Å²) >= 11 is 6.71. The molecule has 0 spiro atoms. The molecule has 0 aliphatic rings. The third kappa shape index (κ3) is 2.90. The Labute approximate surface area is 166 Å². The van der Waals surface area contributed by atoms with Gasteiger partial charge in [-0.25, -0.2) is 0 Å². The van der Waals surface area contributed by atoms with E-state index < -0.39 is 0 Å². The Kier molecular flexibility index (Phi) is 5.28. The van der Waals surface area contributed by atoms with E-state index in [-0.39, 0.29) is 0 Å². The lowest BCUT2D eigenvalue weighted by atomic mass is 9.88. The Balaban J connectivity index is 2.53. The lowest BCUT2D eigenvalue weighted by Crippen LogP contribution is -2.23. The van der Waals surface area contributed by atoms with E-state index in [9.17, 15) is 0 Å². The molecule has 1 atom stereocenters. The first-order valence-corrected chi connectivity index (χ1v) is 10.5. The molecule has 0 saturated heterocycles. The standard InChI is InChI=1S/C24H26S2/c1-13(2)14(3)12-20-15(4)16(5)22-21(17(20)6)23(25)18-10-8-9-11-19(18)24(22)26-7/h8-11,14,25H,1,5-6,12H2,2-4,7H3. The van der Waals surface area contributed by atoms with Gasteiger partial charge in [0.15, 0.2) is 0 Å². The highest BCUT2D eigenvalue weighted by atomic mass is 32.2. The summed E-state index contributed by atoms with van der Waals surface area (Å²) in [5.74, 6) is 0.412. The molecule has 0 radical (unpaired) electrons. The molecule has 0 nitrogen and oxygen atoms in total. The second-order valence-corrected chi connectivity index (χ2v) is 8.45. The molecule has 0 saturated carbocycles. The van der Waals surface area contributed by atoms with E-state index >= 15 is 0 Å². The predicted octanol–water partition coefficient (Wildman–Crippen LogP) is 5.89. The van der Waals surface area contributed by atoms with Crippen molar-refractivity contribution < 1.29 is 0 Å². The molecule has 3 aromatic carbocycles. The van der Waals surface area contributed by atoms with Crippen molar-refractivity contribution in [2.45, 2.75) is 37.0 Å². The van der Waals surface area contributed by atoms with E-state index in [0.717, 1.165) is 27.1 Å². The van der Waals surface area contributed by atoms with Crippen molar-refractivity contribution in [3.8, 4) is 0 Å². The van der Waals surface area contributed by atoms with Crippen molar-refractivity contribution in [2.24, 2.45) is 5.92 Å². The predicted molar refractivity (Wildman–Crippen MR) is 123 cm³/mol. The van der Waals surface area contributed by atoms with Crippen LogP contribution in [0.5, 0.6) is 0 Å². The Bertz CT molecular complexity index is 1140. The van der Waals surface area contributed by atoms with Crippen LogP contribution in [0, 0.1) is 12.8 Å². The lowest BCUT2D eigenvalue weighted by molar-refractivity contribution is 0.675. The maximum Gasteiger partial charge on any atom is 0.0233 e. The maximum absolute atomic E-state index is 4.94. The molecule has 1 unspecified atom stereocenters. The van der Waals surface area contributed by atoms with Crippen LogP contribution in [0.3, 0.4) is 0 Å².